The summed E-state index contributed by atoms with van der Waals surface area (Å²) in [5.41, 5.74) is 20.2. The normalized spacial score (nSPS) is 12.8. The van der Waals surface area contributed by atoms with Crippen molar-refractivity contribution in [2.45, 2.75) is 19.3 Å². The summed E-state index contributed by atoms with van der Waals surface area (Å²) in [5.74, 6) is 0. The Morgan fingerprint density at radius 2 is 0.929 bits per heavy atom. The number of benzene rings is 11. The SMILES string of the molecule is CC1(C)c2ccccc2-c2ccc(-c3ccccc3N(c3ccccc3-c3cccc4ccccc34)c3ccc4c(oc5ccccc54)c3-c3ccc(-n4c5ccccc5c5ccccc54)cc3)cc21. The van der Waals surface area contributed by atoms with Crippen molar-refractivity contribution in [1.82, 2.24) is 4.57 Å². The van der Waals surface area contributed by atoms with Crippen LogP contribution in [0.2, 0.25) is 0 Å². The Morgan fingerprint density at radius 1 is 0.371 bits per heavy atom. The molecule has 3 heteroatoms. The zero-order chi connectivity index (χ0) is 46.5. The summed E-state index contributed by atoms with van der Waals surface area (Å²) >= 11 is 0. The number of hydrogen-bond donors (Lipinski definition) is 0. The summed E-state index contributed by atoms with van der Waals surface area (Å²) < 4.78 is 9.46. The van der Waals surface area contributed by atoms with E-state index in [-0.39, 0.29) is 5.41 Å². The molecule has 0 N–H and O–H groups in total. The van der Waals surface area contributed by atoms with Gasteiger partial charge in [0.2, 0.25) is 0 Å². The molecule has 0 bridgehead atoms. The van der Waals surface area contributed by atoms with E-state index in [9.17, 15) is 0 Å². The molecule has 14 rings (SSSR count). The Bertz CT molecular complexity index is 4170. The van der Waals surface area contributed by atoms with Crippen LogP contribution in [0, 0.1) is 0 Å². The minimum atomic E-state index is -0.150. The molecule has 1 aliphatic carbocycles. The van der Waals surface area contributed by atoms with Gasteiger partial charge in [-0.1, -0.05) is 196 Å². The fourth-order valence-electron chi connectivity index (χ4n) is 11.8. The van der Waals surface area contributed by atoms with Crippen LogP contribution in [0.25, 0.3) is 105 Å². The second-order valence-electron chi connectivity index (χ2n) is 19.2. The average molecular weight is 895 g/mol. The third-order valence-corrected chi connectivity index (χ3v) is 15.0. The summed E-state index contributed by atoms with van der Waals surface area (Å²) in [6, 6.07) is 88.7. The third kappa shape index (κ3) is 6.01. The van der Waals surface area contributed by atoms with E-state index in [1.54, 1.807) is 0 Å². The van der Waals surface area contributed by atoms with Crippen molar-refractivity contribution in [2.24, 2.45) is 0 Å². The first kappa shape index (κ1) is 40.2. The van der Waals surface area contributed by atoms with Gasteiger partial charge in [-0.25, -0.2) is 0 Å². The fourth-order valence-corrected chi connectivity index (χ4v) is 11.8. The predicted molar refractivity (Wildman–Crippen MR) is 294 cm³/mol. The molecule has 0 aliphatic heterocycles. The van der Waals surface area contributed by atoms with Gasteiger partial charge in [0.15, 0.2) is 0 Å². The lowest BCUT2D eigenvalue weighted by Gasteiger charge is -2.32. The molecule has 0 atom stereocenters. The predicted octanol–water partition coefficient (Wildman–Crippen LogP) is 18.6. The number of anilines is 3. The van der Waals surface area contributed by atoms with E-state index in [0.717, 1.165) is 66.9 Å². The van der Waals surface area contributed by atoms with Gasteiger partial charge in [-0.3, -0.25) is 0 Å². The second-order valence-corrected chi connectivity index (χ2v) is 19.2. The Labute approximate surface area is 406 Å². The van der Waals surface area contributed by atoms with Gasteiger partial charge in [0.25, 0.3) is 0 Å². The maximum atomic E-state index is 7.08. The maximum Gasteiger partial charge on any atom is 0.145 e. The van der Waals surface area contributed by atoms with Crippen molar-refractivity contribution in [2.75, 3.05) is 4.90 Å². The lowest BCUT2D eigenvalue weighted by molar-refractivity contribution is 0.660. The van der Waals surface area contributed by atoms with Gasteiger partial charge in [-0.15, -0.1) is 0 Å². The minimum absolute atomic E-state index is 0.150. The molecule has 1 aliphatic rings. The van der Waals surface area contributed by atoms with Crippen LogP contribution >= 0.6 is 0 Å². The molecule has 70 heavy (non-hydrogen) atoms. The number of nitrogens with zero attached hydrogens (tertiary/aromatic N) is 2. The van der Waals surface area contributed by atoms with Gasteiger partial charge in [0.1, 0.15) is 11.2 Å². The summed E-state index contributed by atoms with van der Waals surface area (Å²) in [7, 11) is 0. The summed E-state index contributed by atoms with van der Waals surface area (Å²) in [6.07, 6.45) is 0. The molecular weight excluding hydrogens is 849 g/mol. The van der Waals surface area contributed by atoms with E-state index >= 15 is 0 Å². The molecule has 0 amide bonds. The molecule has 330 valence electrons. The number of rotatable bonds is 7. The molecule has 3 nitrogen and oxygen atoms in total. The lowest BCUT2D eigenvalue weighted by Crippen LogP contribution is -2.15. The first-order valence-corrected chi connectivity index (χ1v) is 24.3. The molecule has 0 saturated carbocycles. The van der Waals surface area contributed by atoms with Crippen molar-refractivity contribution in [1.29, 1.82) is 0 Å². The van der Waals surface area contributed by atoms with E-state index in [4.69, 9.17) is 4.42 Å². The van der Waals surface area contributed by atoms with Crippen LogP contribution in [0.1, 0.15) is 25.0 Å². The number of aromatic nitrogens is 1. The van der Waals surface area contributed by atoms with Crippen molar-refractivity contribution in [3.05, 3.63) is 254 Å². The van der Waals surface area contributed by atoms with Crippen LogP contribution in [-0.4, -0.2) is 4.57 Å². The lowest BCUT2D eigenvalue weighted by atomic mass is 9.81. The van der Waals surface area contributed by atoms with Gasteiger partial charge in [0.05, 0.1) is 28.1 Å². The topological polar surface area (TPSA) is 21.3 Å². The van der Waals surface area contributed by atoms with Crippen LogP contribution < -0.4 is 4.90 Å². The zero-order valence-corrected chi connectivity index (χ0v) is 38.9. The highest BCUT2D eigenvalue weighted by Gasteiger charge is 2.36. The molecule has 0 saturated heterocycles. The monoisotopic (exact) mass is 894 g/mol. The van der Waals surface area contributed by atoms with Gasteiger partial charge in [-0.2, -0.15) is 0 Å². The number of hydrogen-bond acceptors (Lipinski definition) is 2. The molecule has 0 spiro atoms. The smallest absolute Gasteiger partial charge is 0.145 e. The van der Waals surface area contributed by atoms with Crippen LogP contribution in [0.4, 0.5) is 17.1 Å². The van der Waals surface area contributed by atoms with E-state index in [0.29, 0.717) is 0 Å². The van der Waals surface area contributed by atoms with Gasteiger partial charge < -0.3 is 13.9 Å². The molecule has 0 unspecified atom stereocenters. The van der Waals surface area contributed by atoms with E-state index < -0.39 is 0 Å². The first-order valence-electron chi connectivity index (χ1n) is 24.3. The molecule has 0 radical (unpaired) electrons. The Hall–Kier alpha value is -8.92. The Kier molecular flexibility index (Phi) is 8.93. The summed E-state index contributed by atoms with van der Waals surface area (Å²) in [4.78, 5) is 2.50. The molecule has 0 fully saturated rings. The standard InChI is InChI=1S/C67H46N2O/c1-67(2)57-28-11-5-22-50(57)51-39-36-45(42-58(51)67)48-21-6-12-29-59(48)69(62-32-15-7-23-52(62)49-27-17-19-43-18-3-4-20-47(43)49)63-41-40-56-55-26-10-16-33-64(55)70-66(56)65(63)44-34-37-46(38-35-44)68-60-30-13-8-24-53(60)54-25-9-14-31-61(54)68/h3-42H,1-2H3. The molecule has 13 aromatic rings. The second kappa shape index (κ2) is 15.6. The molecule has 11 aromatic carbocycles. The molecule has 2 heterocycles. The fraction of sp³-hybridized carbons (Fsp3) is 0.0448. The first-order chi connectivity index (χ1) is 34.5. The van der Waals surface area contributed by atoms with Crippen molar-refractivity contribution in [3.8, 4) is 50.2 Å². The maximum absolute atomic E-state index is 7.08. The number of fused-ring (bicyclic) bond motifs is 10. The molecule has 2 aromatic heterocycles. The largest absolute Gasteiger partial charge is 0.455 e. The summed E-state index contributed by atoms with van der Waals surface area (Å²) in [5, 5.41) is 7.07. The Morgan fingerprint density at radius 3 is 1.70 bits per heavy atom. The van der Waals surface area contributed by atoms with Crippen molar-refractivity contribution < 1.29 is 4.42 Å². The van der Waals surface area contributed by atoms with Crippen LogP contribution in [-0.2, 0) is 5.41 Å². The minimum Gasteiger partial charge on any atom is -0.455 e. The Balaban J connectivity index is 1.04. The van der Waals surface area contributed by atoms with E-state index in [1.807, 2.05) is 0 Å². The van der Waals surface area contributed by atoms with Crippen LogP contribution in [0.3, 0.4) is 0 Å². The zero-order valence-electron chi connectivity index (χ0n) is 38.9. The quantitative estimate of drug-likeness (QED) is 0.159. The van der Waals surface area contributed by atoms with Crippen LogP contribution in [0.15, 0.2) is 247 Å². The highest BCUT2D eigenvalue weighted by Crippen LogP contribution is 2.53. The summed E-state index contributed by atoms with van der Waals surface area (Å²) in [6.45, 7) is 4.73. The third-order valence-electron chi connectivity index (χ3n) is 15.0. The van der Waals surface area contributed by atoms with E-state index in [2.05, 4.69) is 266 Å². The highest BCUT2D eigenvalue weighted by atomic mass is 16.3. The number of para-hydroxylation sites is 5. The number of furan rings is 1. The van der Waals surface area contributed by atoms with Crippen molar-refractivity contribution >= 4 is 71.6 Å². The van der Waals surface area contributed by atoms with Gasteiger partial charge in [0, 0.05) is 49.3 Å². The molecular formula is C67H46N2O. The van der Waals surface area contributed by atoms with Crippen molar-refractivity contribution in [3.63, 3.8) is 0 Å². The van der Waals surface area contributed by atoms with Crippen LogP contribution in [0.5, 0.6) is 0 Å². The highest BCUT2D eigenvalue weighted by molar-refractivity contribution is 6.15. The van der Waals surface area contributed by atoms with Gasteiger partial charge >= 0.3 is 0 Å². The average Bonchev–Trinajstić information content (AvgIpc) is 4.04. The van der Waals surface area contributed by atoms with E-state index in [1.165, 1.54) is 66.0 Å². The van der Waals surface area contributed by atoms with Gasteiger partial charge in [-0.05, 0) is 110 Å².